The van der Waals surface area contributed by atoms with Gasteiger partial charge in [0.25, 0.3) is 0 Å². The topological polar surface area (TPSA) is 40.5 Å². The van der Waals surface area contributed by atoms with Crippen LogP contribution >= 0.6 is 0 Å². The van der Waals surface area contributed by atoms with Crippen molar-refractivity contribution >= 4 is 0 Å². The second kappa shape index (κ2) is 10.2. The molecule has 0 saturated heterocycles. The Bertz CT molecular complexity index is 823. The summed E-state index contributed by atoms with van der Waals surface area (Å²) in [5.74, 6) is 1.61. The molecule has 0 heterocycles. The highest BCUT2D eigenvalue weighted by Gasteiger charge is 2.52. The van der Waals surface area contributed by atoms with Crippen molar-refractivity contribution in [2.45, 2.75) is 59.8 Å². The number of aliphatic hydroxyl groups excluding tert-OH is 2. The summed E-state index contributed by atoms with van der Waals surface area (Å²) >= 11 is 0. The van der Waals surface area contributed by atoms with Gasteiger partial charge in [-0.2, -0.15) is 0 Å². The lowest BCUT2D eigenvalue weighted by Crippen LogP contribution is -2.09. The van der Waals surface area contributed by atoms with Crippen LogP contribution in [-0.4, -0.2) is 23.4 Å². The Hall–Kier alpha value is -1.90. The smallest absolute Gasteiger partial charge is 0.0639 e. The highest BCUT2D eigenvalue weighted by molar-refractivity contribution is 5.32. The number of benzene rings is 2. The van der Waals surface area contributed by atoms with E-state index in [1.54, 1.807) is 0 Å². The Morgan fingerprint density at radius 3 is 1.97 bits per heavy atom. The van der Waals surface area contributed by atoms with Crippen LogP contribution in [0.15, 0.2) is 60.2 Å². The first-order valence-electron chi connectivity index (χ1n) is 10.7. The normalized spacial score (nSPS) is 23.0. The van der Waals surface area contributed by atoms with Crippen LogP contribution in [0.25, 0.3) is 0 Å². The van der Waals surface area contributed by atoms with Gasteiger partial charge in [-0.15, -0.1) is 0 Å². The van der Waals surface area contributed by atoms with Crippen LogP contribution in [0.1, 0.15) is 68.2 Å². The fourth-order valence-corrected chi connectivity index (χ4v) is 4.39. The summed E-state index contributed by atoms with van der Waals surface area (Å²) in [6.45, 7) is 13.3. The predicted octanol–water partition coefficient (Wildman–Crippen LogP) is 6.15. The number of hydrogen-bond donors (Lipinski definition) is 2. The van der Waals surface area contributed by atoms with Gasteiger partial charge in [0.05, 0.1) is 6.61 Å². The molecule has 0 radical (unpaired) electrons. The van der Waals surface area contributed by atoms with Gasteiger partial charge in [-0.3, -0.25) is 0 Å². The third-order valence-electron chi connectivity index (χ3n) is 6.53. The van der Waals surface area contributed by atoms with Gasteiger partial charge in [0, 0.05) is 6.61 Å². The van der Waals surface area contributed by atoms with E-state index in [4.69, 9.17) is 5.11 Å². The van der Waals surface area contributed by atoms with Crippen molar-refractivity contribution in [3.05, 3.63) is 82.4 Å². The van der Waals surface area contributed by atoms with Crippen LogP contribution in [0, 0.1) is 25.2 Å². The Kier molecular flexibility index (Phi) is 8.24. The zero-order valence-corrected chi connectivity index (χ0v) is 18.9. The lowest BCUT2D eigenvalue weighted by molar-refractivity contribution is 0.207. The Labute approximate surface area is 177 Å². The first kappa shape index (κ1) is 23.4. The van der Waals surface area contributed by atoms with E-state index in [1.807, 2.05) is 13.0 Å². The van der Waals surface area contributed by atoms with Crippen molar-refractivity contribution in [2.75, 3.05) is 13.2 Å². The van der Waals surface area contributed by atoms with Gasteiger partial charge in [0.2, 0.25) is 0 Å². The molecule has 1 aliphatic rings. The third kappa shape index (κ3) is 6.04. The molecule has 158 valence electrons. The van der Waals surface area contributed by atoms with Crippen LogP contribution in [-0.2, 0) is 0 Å². The molecule has 1 aliphatic carbocycles. The van der Waals surface area contributed by atoms with Crippen molar-refractivity contribution in [1.82, 2.24) is 0 Å². The molecule has 2 aromatic carbocycles. The van der Waals surface area contributed by atoms with E-state index in [0.29, 0.717) is 24.4 Å². The monoisotopic (exact) mass is 394 g/mol. The lowest BCUT2D eigenvalue weighted by Gasteiger charge is -2.17. The molecule has 1 fully saturated rings. The second-order valence-corrected chi connectivity index (χ2v) is 9.08. The fraction of sp³-hybridized carbons (Fsp3) is 0.481. The average Bonchev–Trinajstić information content (AvgIpc) is 3.40. The van der Waals surface area contributed by atoms with Crippen molar-refractivity contribution in [3.8, 4) is 0 Å². The van der Waals surface area contributed by atoms with Crippen LogP contribution < -0.4 is 0 Å². The lowest BCUT2D eigenvalue weighted by atomic mass is 9.89. The maximum Gasteiger partial charge on any atom is 0.0639 e. The Morgan fingerprint density at radius 1 is 1.00 bits per heavy atom. The van der Waals surface area contributed by atoms with Crippen LogP contribution in [0.3, 0.4) is 0 Å². The first-order chi connectivity index (χ1) is 13.7. The van der Waals surface area contributed by atoms with Crippen LogP contribution in [0.2, 0.25) is 0 Å². The third-order valence-corrected chi connectivity index (χ3v) is 6.53. The van der Waals surface area contributed by atoms with E-state index in [2.05, 4.69) is 83.2 Å². The Balaban J connectivity index is 0.000000208. The van der Waals surface area contributed by atoms with E-state index >= 15 is 0 Å². The average molecular weight is 395 g/mol. The summed E-state index contributed by atoms with van der Waals surface area (Å²) < 4.78 is 0. The molecule has 0 aromatic heterocycles. The molecule has 4 unspecified atom stereocenters. The molecule has 3 rings (SSSR count). The highest BCUT2D eigenvalue weighted by atomic mass is 16.3. The van der Waals surface area contributed by atoms with Gasteiger partial charge in [-0.05, 0) is 72.6 Å². The maximum absolute atomic E-state index is 9.30. The number of aryl methyl sites for hydroxylation is 2. The molecule has 0 aliphatic heterocycles. The van der Waals surface area contributed by atoms with Gasteiger partial charge < -0.3 is 10.2 Å². The molecule has 0 spiro atoms. The number of allylic oxidation sites excluding steroid dienone is 1. The zero-order valence-electron chi connectivity index (χ0n) is 18.9. The molecular weight excluding hydrogens is 356 g/mol. The van der Waals surface area contributed by atoms with Crippen molar-refractivity contribution in [3.63, 3.8) is 0 Å². The van der Waals surface area contributed by atoms with Gasteiger partial charge in [0.15, 0.2) is 0 Å². The molecule has 2 nitrogen and oxygen atoms in total. The van der Waals surface area contributed by atoms with E-state index in [9.17, 15) is 5.11 Å². The SMILES string of the molecule is C/C(=C/C(C)c1ccccc1C)CO.Cc1ccccc1C(C)C1CC1(C)CO. The summed E-state index contributed by atoms with van der Waals surface area (Å²) in [5, 5.41) is 18.2. The molecule has 2 heteroatoms. The molecule has 4 atom stereocenters. The van der Waals surface area contributed by atoms with Crippen molar-refractivity contribution < 1.29 is 10.2 Å². The molecular formula is C27H38O2. The highest BCUT2D eigenvalue weighted by Crippen LogP contribution is 2.58. The minimum atomic E-state index is 0.149. The molecule has 1 saturated carbocycles. The quantitative estimate of drug-likeness (QED) is 0.577. The summed E-state index contributed by atoms with van der Waals surface area (Å²) in [5.41, 5.74) is 6.67. The van der Waals surface area contributed by atoms with Crippen molar-refractivity contribution in [1.29, 1.82) is 0 Å². The minimum absolute atomic E-state index is 0.149. The second-order valence-electron chi connectivity index (χ2n) is 9.08. The standard InChI is InChI=1S/C14H20O.C13H18O/c1-10-6-4-5-7-12(10)11(2)13-8-14(13,3)9-15;1-10(9-14)8-12(3)13-7-5-4-6-11(13)2/h4-7,11,13,15H,8-9H2,1-3H3;4-8,12,14H,9H2,1-3H3/b;10-8-. The van der Waals surface area contributed by atoms with E-state index < -0.39 is 0 Å². The molecule has 0 amide bonds. The number of rotatable bonds is 6. The molecule has 2 aromatic rings. The molecule has 0 bridgehead atoms. The van der Waals surface area contributed by atoms with E-state index in [0.717, 1.165) is 5.57 Å². The first-order valence-corrected chi connectivity index (χ1v) is 10.7. The largest absolute Gasteiger partial charge is 0.396 e. The minimum Gasteiger partial charge on any atom is -0.396 e. The van der Waals surface area contributed by atoms with Gasteiger partial charge in [0.1, 0.15) is 0 Å². The predicted molar refractivity (Wildman–Crippen MR) is 123 cm³/mol. The van der Waals surface area contributed by atoms with E-state index in [-0.39, 0.29) is 12.0 Å². The zero-order chi connectivity index (χ0) is 21.6. The number of hydrogen-bond acceptors (Lipinski definition) is 2. The maximum atomic E-state index is 9.30. The van der Waals surface area contributed by atoms with Crippen LogP contribution in [0.4, 0.5) is 0 Å². The Morgan fingerprint density at radius 2 is 1.52 bits per heavy atom. The summed E-state index contributed by atoms with van der Waals surface area (Å²) in [6.07, 6.45) is 3.28. The van der Waals surface area contributed by atoms with E-state index in [1.165, 1.54) is 28.7 Å². The summed E-state index contributed by atoms with van der Waals surface area (Å²) in [4.78, 5) is 0. The van der Waals surface area contributed by atoms with Gasteiger partial charge in [-0.1, -0.05) is 81.0 Å². The number of aliphatic hydroxyl groups is 2. The summed E-state index contributed by atoms with van der Waals surface area (Å²) in [6, 6.07) is 17.0. The molecule has 2 N–H and O–H groups in total. The summed E-state index contributed by atoms with van der Waals surface area (Å²) in [7, 11) is 0. The van der Waals surface area contributed by atoms with Gasteiger partial charge >= 0.3 is 0 Å². The van der Waals surface area contributed by atoms with Crippen molar-refractivity contribution in [2.24, 2.45) is 11.3 Å². The van der Waals surface area contributed by atoms with Crippen LogP contribution in [0.5, 0.6) is 0 Å². The molecule has 29 heavy (non-hydrogen) atoms. The van der Waals surface area contributed by atoms with Gasteiger partial charge in [-0.25, -0.2) is 0 Å². The fourth-order valence-electron chi connectivity index (χ4n) is 4.39.